The van der Waals surface area contributed by atoms with Crippen molar-refractivity contribution in [3.8, 4) is 16.9 Å². The number of rotatable bonds is 2. The van der Waals surface area contributed by atoms with Gasteiger partial charge in [0.25, 0.3) is 5.56 Å². The minimum Gasteiger partial charge on any atom is -0.314 e. The van der Waals surface area contributed by atoms with Crippen LogP contribution in [0.4, 0.5) is 0 Å². The Labute approximate surface area is 164 Å². The van der Waals surface area contributed by atoms with E-state index in [0.29, 0.717) is 10.9 Å². The first-order valence-electron chi connectivity index (χ1n) is 8.53. The standard InChI is InChI=1S/C21H18BrN3O2/c1-13-7-6-8-14(11-13)25-12-17-18(20(26)24(3)21(27)23(17)2)19(25)15-9-4-5-10-16(15)22/h4-12H,1-3H3. The molecule has 0 atom stereocenters. The third-order valence-corrected chi connectivity index (χ3v) is 5.54. The van der Waals surface area contributed by atoms with Crippen molar-refractivity contribution in [2.75, 3.05) is 0 Å². The molecule has 0 N–H and O–H groups in total. The van der Waals surface area contributed by atoms with Crippen molar-refractivity contribution in [2.45, 2.75) is 6.92 Å². The van der Waals surface area contributed by atoms with E-state index in [-0.39, 0.29) is 11.2 Å². The molecule has 2 aromatic heterocycles. The molecule has 0 fully saturated rings. The number of hydrogen-bond acceptors (Lipinski definition) is 2. The van der Waals surface area contributed by atoms with Crippen LogP contribution < -0.4 is 11.2 Å². The van der Waals surface area contributed by atoms with E-state index in [2.05, 4.69) is 22.0 Å². The SMILES string of the molecule is Cc1cccc(-n2cc3c(c2-c2ccccc2Br)c(=O)n(C)c(=O)n3C)c1. The van der Waals surface area contributed by atoms with E-state index < -0.39 is 0 Å². The molecule has 0 aliphatic carbocycles. The Hall–Kier alpha value is -2.86. The van der Waals surface area contributed by atoms with Crippen LogP contribution >= 0.6 is 15.9 Å². The minimum atomic E-state index is -0.340. The second kappa shape index (κ2) is 6.39. The molecular formula is C21H18BrN3O2. The highest BCUT2D eigenvalue weighted by atomic mass is 79.9. The maximum Gasteiger partial charge on any atom is 0.330 e. The zero-order valence-corrected chi connectivity index (χ0v) is 16.8. The maximum absolute atomic E-state index is 13.0. The zero-order chi connectivity index (χ0) is 19.3. The Bertz CT molecular complexity index is 1310. The topological polar surface area (TPSA) is 48.9 Å². The molecule has 4 rings (SSSR count). The summed E-state index contributed by atoms with van der Waals surface area (Å²) in [6.45, 7) is 2.03. The van der Waals surface area contributed by atoms with Crippen molar-refractivity contribution >= 4 is 26.8 Å². The molecule has 136 valence electrons. The van der Waals surface area contributed by atoms with Crippen LogP contribution in [0.1, 0.15) is 5.56 Å². The Morgan fingerprint density at radius 1 is 0.926 bits per heavy atom. The van der Waals surface area contributed by atoms with Crippen molar-refractivity contribution in [3.63, 3.8) is 0 Å². The Morgan fingerprint density at radius 2 is 1.67 bits per heavy atom. The van der Waals surface area contributed by atoms with Crippen molar-refractivity contribution in [1.82, 2.24) is 13.7 Å². The van der Waals surface area contributed by atoms with Crippen LogP contribution in [-0.4, -0.2) is 13.7 Å². The van der Waals surface area contributed by atoms with Gasteiger partial charge in [0, 0.05) is 36.0 Å². The molecule has 0 aliphatic heterocycles. The van der Waals surface area contributed by atoms with Crippen LogP contribution in [0.3, 0.4) is 0 Å². The molecule has 0 bridgehead atoms. The van der Waals surface area contributed by atoms with Crippen LogP contribution in [0.2, 0.25) is 0 Å². The largest absolute Gasteiger partial charge is 0.330 e. The van der Waals surface area contributed by atoms with Gasteiger partial charge < -0.3 is 4.57 Å². The minimum absolute atomic E-state index is 0.301. The first-order valence-corrected chi connectivity index (χ1v) is 9.32. The lowest BCUT2D eigenvalue weighted by Crippen LogP contribution is -2.36. The number of fused-ring (bicyclic) bond motifs is 1. The van der Waals surface area contributed by atoms with Crippen molar-refractivity contribution in [3.05, 3.63) is 85.6 Å². The summed E-state index contributed by atoms with van der Waals surface area (Å²) in [5.74, 6) is 0. The first kappa shape index (κ1) is 17.5. The summed E-state index contributed by atoms with van der Waals surface area (Å²) < 4.78 is 5.54. The Kier molecular flexibility index (Phi) is 4.15. The zero-order valence-electron chi connectivity index (χ0n) is 15.2. The van der Waals surface area contributed by atoms with E-state index in [4.69, 9.17) is 0 Å². The number of aromatic nitrogens is 3. The molecule has 0 saturated carbocycles. The molecule has 0 amide bonds. The van der Waals surface area contributed by atoms with Crippen LogP contribution in [0, 0.1) is 6.92 Å². The molecular weight excluding hydrogens is 406 g/mol. The highest BCUT2D eigenvalue weighted by Crippen LogP contribution is 2.35. The molecule has 2 heterocycles. The summed E-state index contributed by atoms with van der Waals surface area (Å²) >= 11 is 3.61. The second-order valence-electron chi connectivity index (χ2n) is 6.63. The molecule has 27 heavy (non-hydrogen) atoms. The van der Waals surface area contributed by atoms with Crippen LogP contribution in [-0.2, 0) is 14.1 Å². The lowest BCUT2D eigenvalue weighted by atomic mass is 10.1. The van der Waals surface area contributed by atoms with Crippen molar-refractivity contribution in [1.29, 1.82) is 0 Å². The Morgan fingerprint density at radius 3 is 2.37 bits per heavy atom. The lowest BCUT2D eigenvalue weighted by Gasteiger charge is -2.12. The van der Waals surface area contributed by atoms with Gasteiger partial charge in [-0.1, -0.05) is 46.3 Å². The summed E-state index contributed by atoms with van der Waals surface area (Å²) in [4.78, 5) is 25.5. The highest BCUT2D eigenvalue weighted by Gasteiger charge is 2.21. The predicted octanol–water partition coefficient (Wildman–Crippen LogP) is 3.77. The monoisotopic (exact) mass is 423 g/mol. The van der Waals surface area contributed by atoms with Gasteiger partial charge in [0.1, 0.15) is 0 Å². The summed E-state index contributed by atoms with van der Waals surface area (Å²) in [5, 5.41) is 0.521. The highest BCUT2D eigenvalue weighted by molar-refractivity contribution is 9.10. The third kappa shape index (κ3) is 2.68. The van der Waals surface area contributed by atoms with E-state index in [9.17, 15) is 9.59 Å². The molecule has 0 unspecified atom stereocenters. The maximum atomic E-state index is 13.0. The van der Waals surface area contributed by atoms with E-state index in [0.717, 1.165) is 31.5 Å². The molecule has 0 spiro atoms. The molecule has 4 aromatic rings. The summed E-state index contributed by atoms with van der Waals surface area (Å²) in [6, 6.07) is 15.8. The van der Waals surface area contributed by atoms with Gasteiger partial charge in [0.15, 0.2) is 0 Å². The molecule has 5 nitrogen and oxygen atoms in total. The van der Waals surface area contributed by atoms with Gasteiger partial charge in [-0.2, -0.15) is 0 Å². The molecule has 0 saturated heterocycles. The van der Waals surface area contributed by atoms with E-state index >= 15 is 0 Å². The van der Waals surface area contributed by atoms with Crippen LogP contribution in [0.25, 0.3) is 27.8 Å². The average molecular weight is 424 g/mol. The van der Waals surface area contributed by atoms with E-state index in [1.807, 2.05) is 60.2 Å². The van der Waals surface area contributed by atoms with Gasteiger partial charge in [-0.15, -0.1) is 0 Å². The summed E-state index contributed by atoms with van der Waals surface area (Å²) in [5.41, 5.74) is 3.67. The van der Waals surface area contributed by atoms with Gasteiger partial charge in [0.2, 0.25) is 0 Å². The predicted molar refractivity (Wildman–Crippen MR) is 112 cm³/mol. The fourth-order valence-corrected chi connectivity index (χ4v) is 3.91. The summed E-state index contributed by atoms with van der Waals surface area (Å²) in [6.07, 6.45) is 1.86. The third-order valence-electron chi connectivity index (χ3n) is 4.85. The number of benzene rings is 2. The molecule has 2 aromatic carbocycles. The number of halogens is 1. The molecule has 0 radical (unpaired) electrons. The smallest absolute Gasteiger partial charge is 0.314 e. The molecule has 0 aliphatic rings. The number of nitrogens with zero attached hydrogens (tertiary/aromatic N) is 3. The van der Waals surface area contributed by atoms with Gasteiger partial charge >= 0.3 is 5.69 Å². The van der Waals surface area contributed by atoms with E-state index in [1.54, 1.807) is 7.05 Å². The van der Waals surface area contributed by atoms with Crippen molar-refractivity contribution in [2.24, 2.45) is 14.1 Å². The van der Waals surface area contributed by atoms with Gasteiger partial charge in [0.05, 0.1) is 16.6 Å². The van der Waals surface area contributed by atoms with Crippen LogP contribution in [0.5, 0.6) is 0 Å². The van der Waals surface area contributed by atoms with Gasteiger partial charge in [-0.3, -0.25) is 13.9 Å². The average Bonchev–Trinajstić information content (AvgIpc) is 3.05. The molecule has 6 heteroatoms. The quantitative estimate of drug-likeness (QED) is 0.492. The number of hydrogen-bond donors (Lipinski definition) is 0. The van der Waals surface area contributed by atoms with Crippen LogP contribution in [0.15, 0.2) is 68.8 Å². The first-order chi connectivity index (χ1) is 12.9. The van der Waals surface area contributed by atoms with E-state index in [1.165, 1.54) is 11.6 Å². The van der Waals surface area contributed by atoms with Gasteiger partial charge in [-0.25, -0.2) is 4.79 Å². The normalized spacial score (nSPS) is 11.3. The number of aryl methyl sites for hydroxylation is 2. The van der Waals surface area contributed by atoms with Crippen molar-refractivity contribution < 1.29 is 0 Å². The lowest BCUT2D eigenvalue weighted by molar-refractivity contribution is 0.714. The fraction of sp³-hybridized carbons (Fsp3) is 0.143. The summed E-state index contributed by atoms with van der Waals surface area (Å²) in [7, 11) is 3.20. The second-order valence-corrected chi connectivity index (χ2v) is 7.49. The fourth-order valence-electron chi connectivity index (χ4n) is 3.44. The Balaban J connectivity index is 2.25. The van der Waals surface area contributed by atoms with Gasteiger partial charge in [-0.05, 0) is 30.7 Å².